The molecule has 1 spiro atoms. The van der Waals surface area contributed by atoms with E-state index in [0.717, 1.165) is 75.7 Å². The van der Waals surface area contributed by atoms with E-state index in [1.165, 1.54) is 33.0 Å². The molecule has 2 aliphatic rings. The van der Waals surface area contributed by atoms with E-state index in [4.69, 9.17) is 14.7 Å². The van der Waals surface area contributed by atoms with Crippen molar-refractivity contribution in [1.82, 2.24) is 9.97 Å². The minimum absolute atomic E-state index is 0.618. The average molecular weight is 843 g/mol. The van der Waals surface area contributed by atoms with Crippen molar-refractivity contribution < 1.29 is 9.30 Å². The third-order valence-corrected chi connectivity index (χ3v) is 17.3. The maximum atomic E-state index is 15.3. The van der Waals surface area contributed by atoms with E-state index >= 15 is 4.57 Å². The van der Waals surface area contributed by atoms with Gasteiger partial charge in [0.2, 0.25) is 0 Å². The van der Waals surface area contributed by atoms with Gasteiger partial charge < -0.3 is 9.30 Å². The highest BCUT2D eigenvalue weighted by atomic mass is 32.1. The maximum absolute atomic E-state index is 15.3. The summed E-state index contributed by atoms with van der Waals surface area (Å²) in [6.07, 6.45) is 0. The fourth-order valence-corrected chi connectivity index (χ4v) is 14.1. The predicted molar refractivity (Wildman–Crippen MR) is 260 cm³/mol. The van der Waals surface area contributed by atoms with E-state index in [-0.39, 0.29) is 0 Å². The van der Waals surface area contributed by atoms with Crippen LogP contribution in [0.15, 0.2) is 212 Å². The molecule has 0 amide bonds. The van der Waals surface area contributed by atoms with E-state index < -0.39 is 12.6 Å². The third-order valence-electron chi connectivity index (χ3n) is 13.1. The first-order chi connectivity index (χ1) is 31.1. The zero-order valence-electron chi connectivity index (χ0n) is 33.8. The summed E-state index contributed by atoms with van der Waals surface area (Å²) >= 11 is 1.74. The summed E-state index contributed by atoms with van der Waals surface area (Å²) in [4.78, 5) is 11.0. The van der Waals surface area contributed by atoms with Crippen LogP contribution in [0.25, 0.3) is 64.8 Å². The Bertz CT molecular complexity index is 3610. The molecule has 1 aliphatic carbocycles. The fraction of sp³-hybridized carbons (Fsp3) is 0.0175. The topological polar surface area (TPSA) is 52.1 Å². The first-order valence-electron chi connectivity index (χ1n) is 21.2. The van der Waals surface area contributed by atoms with Crippen LogP contribution in [0.2, 0.25) is 0 Å². The zero-order valence-corrected chi connectivity index (χ0v) is 35.5. The summed E-state index contributed by atoms with van der Waals surface area (Å²) in [5.74, 6) is 2.33. The molecular formula is C57H35N2O2PS. The molecule has 4 nitrogen and oxygen atoms in total. The number of rotatable bonds is 5. The Kier molecular flexibility index (Phi) is 7.93. The summed E-state index contributed by atoms with van der Waals surface area (Å²) in [5, 5.41) is 5.83. The number of hydrogen-bond acceptors (Lipinski definition) is 5. The molecule has 1 aliphatic heterocycles. The second-order valence-corrected chi connectivity index (χ2v) is 20.1. The van der Waals surface area contributed by atoms with Gasteiger partial charge in [0.15, 0.2) is 13.0 Å². The van der Waals surface area contributed by atoms with Crippen LogP contribution in [-0.4, -0.2) is 9.97 Å². The average Bonchev–Trinajstić information content (AvgIpc) is 3.88. The standard InChI is InChI=1S/C57H35N2O2PS/c60-62(38-17-3-1-4-18-38,39-19-5-2-6-20-39)40-33-30-37(31-34-40)56-58-53-42-22-9-14-29-50(42)63-55(53)54(59-56)43-23-15-26-46-52(43)51-41-21-8-7-16-36(41)32-35-47(51)57(46)44-24-10-12-27-48(44)61-49-28-13-11-25-45(49)57/h1-35H. The highest BCUT2D eigenvalue weighted by Gasteiger charge is 2.52. The largest absolute Gasteiger partial charge is 0.457 e. The van der Waals surface area contributed by atoms with Crippen molar-refractivity contribution >= 4 is 65.5 Å². The van der Waals surface area contributed by atoms with Gasteiger partial charge in [0.25, 0.3) is 0 Å². The Morgan fingerprint density at radius 3 is 1.75 bits per heavy atom. The predicted octanol–water partition coefficient (Wildman–Crippen LogP) is 13.4. The van der Waals surface area contributed by atoms with Gasteiger partial charge in [0.05, 0.1) is 21.3 Å². The molecule has 3 heterocycles. The minimum atomic E-state index is -3.18. The highest BCUT2D eigenvalue weighted by Crippen LogP contribution is 2.64. The van der Waals surface area contributed by atoms with E-state index in [2.05, 4.69) is 127 Å². The van der Waals surface area contributed by atoms with Gasteiger partial charge in [-0.1, -0.05) is 194 Å². The first kappa shape index (κ1) is 36.2. The number of aromatic nitrogens is 2. The molecule has 0 atom stereocenters. The molecule has 0 N–H and O–H groups in total. The fourth-order valence-electron chi connectivity index (χ4n) is 10.4. The van der Waals surface area contributed by atoms with E-state index in [1.54, 1.807) is 11.3 Å². The molecule has 9 aromatic carbocycles. The molecule has 2 aromatic heterocycles. The monoisotopic (exact) mass is 842 g/mol. The number of thiophene rings is 1. The Hall–Kier alpha value is -7.43. The van der Waals surface area contributed by atoms with Crippen molar-refractivity contribution in [3.8, 4) is 45.3 Å². The summed E-state index contributed by atoms with van der Waals surface area (Å²) < 4.78 is 24.2. The van der Waals surface area contributed by atoms with Crippen LogP contribution >= 0.6 is 18.5 Å². The van der Waals surface area contributed by atoms with Gasteiger partial charge in [0.1, 0.15) is 11.5 Å². The Balaban J connectivity index is 1.09. The number of para-hydroxylation sites is 2. The Labute approximate surface area is 368 Å². The molecule has 0 radical (unpaired) electrons. The van der Waals surface area contributed by atoms with Crippen LogP contribution in [0.3, 0.4) is 0 Å². The third kappa shape index (κ3) is 5.12. The summed E-state index contributed by atoms with van der Waals surface area (Å²) in [7, 11) is -3.18. The van der Waals surface area contributed by atoms with Crippen LogP contribution < -0.4 is 20.7 Å². The van der Waals surface area contributed by atoms with Gasteiger partial charge in [-0.15, -0.1) is 11.3 Å². The molecule has 0 unspecified atom stereocenters. The van der Waals surface area contributed by atoms with Crippen molar-refractivity contribution in [1.29, 1.82) is 0 Å². The van der Waals surface area contributed by atoms with Crippen LogP contribution in [0.5, 0.6) is 11.5 Å². The number of benzene rings is 9. The Morgan fingerprint density at radius 1 is 0.460 bits per heavy atom. The van der Waals surface area contributed by atoms with Gasteiger partial charge in [-0.05, 0) is 51.2 Å². The lowest BCUT2D eigenvalue weighted by molar-refractivity contribution is 0.436. The molecule has 63 heavy (non-hydrogen) atoms. The van der Waals surface area contributed by atoms with Crippen molar-refractivity contribution in [3.05, 3.63) is 235 Å². The van der Waals surface area contributed by atoms with Crippen molar-refractivity contribution in [2.24, 2.45) is 0 Å². The molecule has 0 saturated carbocycles. The van der Waals surface area contributed by atoms with Gasteiger partial charge in [-0.25, -0.2) is 9.97 Å². The number of fused-ring (bicyclic) bond motifs is 14. The van der Waals surface area contributed by atoms with E-state index in [1.807, 2.05) is 84.9 Å². The second-order valence-electron chi connectivity index (χ2n) is 16.3. The molecule has 6 heteroatoms. The van der Waals surface area contributed by atoms with E-state index in [0.29, 0.717) is 5.82 Å². The lowest BCUT2D eigenvalue weighted by Crippen LogP contribution is -2.32. The van der Waals surface area contributed by atoms with Crippen molar-refractivity contribution in [2.75, 3.05) is 0 Å². The van der Waals surface area contributed by atoms with Crippen LogP contribution in [0.4, 0.5) is 0 Å². The first-order valence-corrected chi connectivity index (χ1v) is 23.7. The summed E-state index contributed by atoms with van der Waals surface area (Å²) in [6, 6.07) is 73.3. The summed E-state index contributed by atoms with van der Waals surface area (Å²) in [5.41, 5.74) is 10.1. The number of nitrogens with zero attached hydrogens (tertiary/aromatic N) is 2. The Morgan fingerprint density at radius 2 is 1.03 bits per heavy atom. The molecule has 296 valence electrons. The van der Waals surface area contributed by atoms with Crippen molar-refractivity contribution in [3.63, 3.8) is 0 Å². The zero-order chi connectivity index (χ0) is 41.7. The molecule has 0 bridgehead atoms. The molecule has 0 saturated heterocycles. The van der Waals surface area contributed by atoms with Crippen LogP contribution in [0.1, 0.15) is 22.3 Å². The van der Waals surface area contributed by atoms with Gasteiger partial charge in [0, 0.05) is 48.3 Å². The second kappa shape index (κ2) is 13.8. The quantitative estimate of drug-likeness (QED) is 0.162. The highest BCUT2D eigenvalue weighted by molar-refractivity contribution is 7.85. The normalized spacial score (nSPS) is 13.4. The molecular weight excluding hydrogens is 808 g/mol. The molecule has 11 aromatic rings. The van der Waals surface area contributed by atoms with Gasteiger partial charge >= 0.3 is 0 Å². The lowest BCUT2D eigenvalue weighted by Gasteiger charge is -2.39. The number of ether oxygens (including phenoxy) is 1. The summed E-state index contributed by atoms with van der Waals surface area (Å²) in [6.45, 7) is 0. The smallest absolute Gasteiger partial charge is 0.171 e. The van der Waals surface area contributed by atoms with Gasteiger partial charge in [-0.2, -0.15) is 0 Å². The minimum Gasteiger partial charge on any atom is -0.457 e. The maximum Gasteiger partial charge on any atom is 0.171 e. The van der Waals surface area contributed by atoms with Gasteiger partial charge in [-0.3, -0.25) is 0 Å². The molecule has 13 rings (SSSR count). The number of hydrogen-bond donors (Lipinski definition) is 0. The van der Waals surface area contributed by atoms with E-state index in [9.17, 15) is 0 Å². The van der Waals surface area contributed by atoms with Crippen molar-refractivity contribution in [2.45, 2.75) is 5.41 Å². The SMILES string of the molecule is O=P(c1ccccc1)(c1ccccc1)c1ccc(-c2nc(-c3cccc4c3-c3c(ccc5ccccc35)C43c4ccccc4Oc4ccccc43)c3sc4ccccc4c3n2)cc1. The van der Waals surface area contributed by atoms with Crippen LogP contribution in [0, 0.1) is 0 Å². The van der Waals surface area contributed by atoms with Crippen LogP contribution in [-0.2, 0) is 9.98 Å². The lowest BCUT2D eigenvalue weighted by atomic mass is 9.66. The molecule has 0 fully saturated rings.